The second kappa shape index (κ2) is 8.11. The van der Waals surface area contributed by atoms with E-state index in [0.717, 1.165) is 33.4 Å². The predicted molar refractivity (Wildman–Crippen MR) is 115 cm³/mol. The zero-order valence-electron chi connectivity index (χ0n) is 15.9. The third-order valence-electron chi connectivity index (χ3n) is 5.04. The maximum Gasteiger partial charge on any atom is 0.122 e. The van der Waals surface area contributed by atoms with Gasteiger partial charge >= 0.3 is 0 Å². The molecule has 4 aromatic carbocycles. The highest BCUT2D eigenvalue weighted by Crippen LogP contribution is 2.33. The van der Waals surface area contributed by atoms with Gasteiger partial charge in [0.05, 0.1) is 0 Å². The molecule has 0 aliphatic rings. The molecule has 0 saturated heterocycles. The number of rotatable bonds is 5. The Morgan fingerprint density at radius 1 is 0.483 bits per heavy atom. The molecule has 0 amide bonds. The van der Waals surface area contributed by atoms with Gasteiger partial charge in [-0.05, 0) is 69.8 Å². The highest BCUT2D eigenvalue weighted by Gasteiger charge is 2.13. The van der Waals surface area contributed by atoms with Gasteiger partial charge in [0.25, 0.3) is 0 Å². The van der Waals surface area contributed by atoms with Crippen molar-refractivity contribution in [3.05, 3.63) is 113 Å². The lowest BCUT2D eigenvalue weighted by molar-refractivity contribution is 0.463. The summed E-state index contributed by atoms with van der Waals surface area (Å²) in [6.07, 6.45) is 1.13. The number of benzene rings is 4. The normalized spacial score (nSPS) is 10.8. The van der Waals surface area contributed by atoms with Gasteiger partial charge in [-0.1, -0.05) is 54.6 Å². The minimum atomic E-state index is 0.226. The number of hydrogen-bond acceptors (Lipinski definition) is 3. The predicted octanol–water partition coefficient (Wildman–Crippen LogP) is 5.65. The highest BCUT2D eigenvalue weighted by molar-refractivity contribution is 5.68. The minimum absolute atomic E-state index is 0.226. The van der Waals surface area contributed by atoms with Gasteiger partial charge in [0.2, 0.25) is 0 Å². The van der Waals surface area contributed by atoms with E-state index in [4.69, 9.17) is 0 Å². The average Bonchev–Trinajstić information content (AvgIpc) is 2.74. The molecule has 0 bridgehead atoms. The Hall–Kier alpha value is -3.72. The Morgan fingerprint density at radius 2 is 0.931 bits per heavy atom. The molecule has 0 spiro atoms. The van der Waals surface area contributed by atoms with Crippen LogP contribution in [0.4, 0.5) is 0 Å². The van der Waals surface area contributed by atoms with E-state index in [1.807, 2.05) is 54.6 Å². The number of hydrogen-bond donors (Lipinski definition) is 3. The fraction of sp³-hybridized carbons (Fsp3) is 0.0769. The fourth-order valence-corrected chi connectivity index (χ4v) is 3.49. The summed E-state index contributed by atoms with van der Waals surface area (Å²) in [6, 6.07) is 28.2. The molecule has 4 rings (SSSR count). The van der Waals surface area contributed by atoms with Crippen molar-refractivity contribution < 1.29 is 15.3 Å². The van der Waals surface area contributed by atoms with Crippen molar-refractivity contribution in [2.45, 2.75) is 12.8 Å². The van der Waals surface area contributed by atoms with Crippen molar-refractivity contribution in [1.82, 2.24) is 0 Å². The zero-order valence-corrected chi connectivity index (χ0v) is 15.9. The zero-order chi connectivity index (χ0) is 20.2. The van der Waals surface area contributed by atoms with Crippen LogP contribution < -0.4 is 0 Å². The van der Waals surface area contributed by atoms with E-state index in [1.54, 1.807) is 24.3 Å². The molecule has 3 N–H and O–H groups in total. The van der Waals surface area contributed by atoms with Crippen molar-refractivity contribution in [1.29, 1.82) is 0 Å². The Kier molecular flexibility index (Phi) is 5.21. The summed E-state index contributed by atoms with van der Waals surface area (Å²) in [6.45, 7) is 0. The standard InChI is InChI=1S/C26H22O3/c27-24-10-6-18(7-11-24)14-22-16-21(20-4-2-1-3-5-20)17-23(26(22)29)15-19-8-12-25(28)13-9-19/h1-13,16-17,27-29H,14-15H2. The first-order valence-electron chi connectivity index (χ1n) is 9.54. The maximum atomic E-state index is 11.0. The van der Waals surface area contributed by atoms with Crippen LogP contribution in [-0.4, -0.2) is 15.3 Å². The third kappa shape index (κ3) is 4.41. The van der Waals surface area contributed by atoms with Gasteiger partial charge in [-0.15, -0.1) is 0 Å². The summed E-state index contributed by atoms with van der Waals surface area (Å²) in [5, 5.41) is 30.1. The van der Waals surface area contributed by atoms with Crippen LogP contribution in [0.25, 0.3) is 11.1 Å². The van der Waals surface area contributed by atoms with Crippen LogP contribution in [0.15, 0.2) is 91.0 Å². The number of phenolic OH excluding ortho intramolecular Hbond substituents is 3. The van der Waals surface area contributed by atoms with Gasteiger partial charge in [0.1, 0.15) is 17.2 Å². The molecule has 0 heterocycles. The monoisotopic (exact) mass is 382 g/mol. The molecule has 0 radical (unpaired) electrons. The van der Waals surface area contributed by atoms with E-state index >= 15 is 0 Å². The van der Waals surface area contributed by atoms with Crippen LogP contribution in [0.5, 0.6) is 17.2 Å². The van der Waals surface area contributed by atoms with Gasteiger partial charge in [0.15, 0.2) is 0 Å². The van der Waals surface area contributed by atoms with Gasteiger partial charge in [-0.2, -0.15) is 0 Å². The Morgan fingerprint density at radius 3 is 1.38 bits per heavy atom. The third-order valence-corrected chi connectivity index (χ3v) is 5.04. The largest absolute Gasteiger partial charge is 0.508 e. The molecule has 0 aliphatic carbocycles. The second-order valence-electron chi connectivity index (χ2n) is 7.20. The van der Waals surface area contributed by atoms with Crippen molar-refractivity contribution >= 4 is 0 Å². The van der Waals surface area contributed by atoms with Gasteiger partial charge in [-0.3, -0.25) is 0 Å². The van der Waals surface area contributed by atoms with E-state index in [1.165, 1.54) is 0 Å². The molecular formula is C26H22O3. The molecule has 144 valence electrons. The van der Waals surface area contributed by atoms with E-state index in [2.05, 4.69) is 12.1 Å². The molecule has 0 atom stereocenters. The van der Waals surface area contributed by atoms with Crippen molar-refractivity contribution in [3.8, 4) is 28.4 Å². The van der Waals surface area contributed by atoms with Gasteiger partial charge in [-0.25, -0.2) is 0 Å². The van der Waals surface area contributed by atoms with Crippen molar-refractivity contribution in [2.24, 2.45) is 0 Å². The smallest absolute Gasteiger partial charge is 0.122 e. The number of phenols is 3. The quantitative estimate of drug-likeness (QED) is 0.418. The Balaban J connectivity index is 1.76. The lowest BCUT2D eigenvalue weighted by atomic mass is 9.92. The average molecular weight is 382 g/mol. The summed E-state index contributed by atoms with van der Waals surface area (Å²) in [7, 11) is 0. The van der Waals surface area contributed by atoms with Crippen LogP contribution in [0, 0.1) is 0 Å². The Labute approximate surface area is 170 Å². The molecule has 0 fully saturated rings. The minimum Gasteiger partial charge on any atom is -0.508 e. The van der Waals surface area contributed by atoms with E-state index in [9.17, 15) is 15.3 Å². The molecule has 4 aromatic rings. The summed E-state index contributed by atoms with van der Waals surface area (Å²) < 4.78 is 0. The molecule has 29 heavy (non-hydrogen) atoms. The van der Waals surface area contributed by atoms with Crippen LogP contribution in [0.3, 0.4) is 0 Å². The fourth-order valence-electron chi connectivity index (χ4n) is 3.49. The van der Waals surface area contributed by atoms with Crippen LogP contribution in [0.1, 0.15) is 22.3 Å². The molecule has 0 aromatic heterocycles. The molecule has 0 aliphatic heterocycles. The summed E-state index contributed by atoms with van der Waals surface area (Å²) in [4.78, 5) is 0. The lowest BCUT2D eigenvalue weighted by Crippen LogP contribution is -1.96. The van der Waals surface area contributed by atoms with E-state index in [0.29, 0.717) is 12.8 Å². The van der Waals surface area contributed by atoms with Crippen LogP contribution >= 0.6 is 0 Å². The van der Waals surface area contributed by atoms with E-state index in [-0.39, 0.29) is 17.2 Å². The molecule has 0 unspecified atom stereocenters. The first-order chi connectivity index (χ1) is 14.1. The van der Waals surface area contributed by atoms with Crippen molar-refractivity contribution in [2.75, 3.05) is 0 Å². The lowest BCUT2D eigenvalue weighted by Gasteiger charge is -2.14. The molecule has 0 saturated carbocycles. The van der Waals surface area contributed by atoms with Crippen molar-refractivity contribution in [3.63, 3.8) is 0 Å². The number of aromatic hydroxyl groups is 3. The first-order valence-corrected chi connectivity index (χ1v) is 9.54. The van der Waals surface area contributed by atoms with Crippen LogP contribution in [0.2, 0.25) is 0 Å². The highest BCUT2D eigenvalue weighted by atomic mass is 16.3. The van der Waals surface area contributed by atoms with Gasteiger partial charge < -0.3 is 15.3 Å². The molecule has 3 nitrogen and oxygen atoms in total. The van der Waals surface area contributed by atoms with Crippen LogP contribution in [-0.2, 0) is 12.8 Å². The van der Waals surface area contributed by atoms with Gasteiger partial charge in [0, 0.05) is 12.8 Å². The second-order valence-corrected chi connectivity index (χ2v) is 7.20. The van der Waals surface area contributed by atoms with E-state index < -0.39 is 0 Å². The first kappa shape index (κ1) is 18.6. The molecule has 3 heteroatoms. The Bertz CT molecular complexity index is 1030. The summed E-state index contributed by atoms with van der Waals surface area (Å²) in [5.74, 6) is 0.735. The SMILES string of the molecule is Oc1ccc(Cc2cc(-c3ccccc3)cc(Cc3ccc(O)cc3)c2O)cc1. The summed E-state index contributed by atoms with van der Waals surface area (Å²) in [5.41, 5.74) is 5.84. The summed E-state index contributed by atoms with van der Waals surface area (Å²) >= 11 is 0. The topological polar surface area (TPSA) is 60.7 Å². The maximum absolute atomic E-state index is 11.0. The molecular weight excluding hydrogens is 360 g/mol.